The average Bonchev–Trinajstić information content (AvgIpc) is 2.84. The highest BCUT2D eigenvalue weighted by Crippen LogP contribution is 2.19. The van der Waals surface area contributed by atoms with E-state index in [0.717, 1.165) is 13.2 Å². The predicted molar refractivity (Wildman–Crippen MR) is 63.6 cm³/mol. The van der Waals surface area contributed by atoms with Crippen LogP contribution < -0.4 is 0 Å². The maximum Gasteiger partial charge on any atom is 0.106 e. The fourth-order valence-corrected chi connectivity index (χ4v) is 1.22. The van der Waals surface area contributed by atoms with E-state index < -0.39 is 0 Å². The Kier molecular flexibility index (Phi) is 9.59. The van der Waals surface area contributed by atoms with Gasteiger partial charge in [-0.15, -0.1) is 0 Å². The Hall–Kier alpha value is -0.570. The van der Waals surface area contributed by atoms with E-state index in [-0.39, 0.29) is 0 Å². The van der Waals surface area contributed by atoms with E-state index in [4.69, 9.17) is 32.7 Å². The summed E-state index contributed by atoms with van der Waals surface area (Å²) in [7, 11) is 0. The Morgan fingerprint density at radius 3 is 1.60 bits per heavy atom. The van der Waals surface area contributed by atoms with Gasteiger partial charge in [0.25, 0.3) is 0 Å². The van der Waals surface area contributed by atoms with Crippen molar-refractivity contribution >= 4 is 30.0 Å². The first-order chi connectivity index (χ1) is 7.30. The molecule has 0 saturated carbocycles. The molecule has 1 heterocycles. The number of hydrogen-bond acceptors (Lipinski definition) is 2. The topological polar surface area (TPSA) is 26.3 Å². The Bertz CT molecular complexity index is 234. The SMILES string of the molecule is C1CCOC1.C=O.Clc1ccccc1Cl. The zero-order chi connectivity index (χ0) is 11.5. The standard InChI is InChI=1S/C6H4Cl2.C4H8O.CH2O/c7-5-3-1-2-4-6(5)8;1-2-4-5-3-1;1-2/h1-4H;1-4H2;1H2. The number of halogens is 2. The lowest BCUT2D eigenvalue weighted by atomic mass is 10.4. The lowest BCUT2D eigenvalue weighted by molar-refractivity contribution is -0.0979. The minimum atomic E-state index is 0.606. The van der Waals surface area contributed by atoms with Gasteiger partial charge in [-0.25, -0.2) is 0 Å². The molecule has 1 aromatic carbocycles. The van der Waals surface area contributed by atoms with Gasteiger partial charge in [0.1, 0.15) is 6.79 Å². The van der Waals surface area contributed by atoms with Crippen molar-refractivity contribution in [1.82, 2.24) is 0 Å². The molecule has 4 heteroatoms. The fraction of sp³-hybridized carbons (Fsp3) is 0.364. The summed E-state index contributed by atoms with van der Waals surface area (Å²) >= 11 is 11.2. The summed E-state index contributed by atoms with van der Waals surface area (Å²) < 4.78 is 4.94. The average molecular weight is 249 g/mol. The minimum Gasteiger partial charge on any atom is -0.381 e. The van der Waals surface area contributed by atoms with E-state index in [9.17, 15) is 0 Å². The van der Waals surface area contributed by atoms with Gasteiger partial charge in [0.05, 0.1) is 10.0 Å². The van der Waals surface area contributed by atoms with Crippen LogP contribution in [0.25, 0.3) is 0 Å². The lowest BCUT2D eigenvalue weighted by Gasteiger charge is -1.88. The maximum absolute atomic E-state index is 8.00. The van der Waals surface area contributed by atoms with Gasteiger partial charge in [0.2, 0.25) is 0 Å². The van der Waals surface area contributed by atoms with Crippen molar-refractivity contribution < 1.29 is 9.53 Å². The van der Waals surface area contributed by atoms with Crippen LogP contribution in [-0.2, 0) is 9.53 Å². The third-order valence-electron chi connectivity index (χ3n) is 1.65. The summed E-state index contributed by atoms with van der Waals surface area (Å²) in [6.45, 7) is 4.00. The molecule has 1 fully saturated rings. The molecule has 15 heavy (non-hydrogen) atoms. The first-order valence-corrected chi connectivity index (χ1v) is 5.33. The second-order valence-electron chi connectivity index (χ2n) is 2.73. The van der Waals surface area contributed by atoms with Crippen LogP contribution in [-0.4, -0.2) is 20.0 Å². The van der Waals surface area contributed by atoms with Crippen LogP contribution >= 0.6 is 23.2 Å². The Morgan fingerprint density at radius 1 is 1.00 bits per heavy atom. The molecular formula is C11H14Cl2O2. The number of ether oxygens (including phenoxy) is 1. The molecule has 0 aliphatic carbocycles. The Balaban J connectivity index is 0.000000241. The van der Waals surface area contributed by atoms with Crippen molar-refractivity contribution in [3.05, 3.63) is 34.3 Å². The van der Waals surface area contributed by atoms with Crippen LogP contribution in [0.4, 0.5) is 0 Å². The van der Waals surface area contributed by atoms with Crippen molar-refractivity contribution in [3.8, 4) is 0 Å². The highest BCUT2D eigenvalue weighted by Gasteiger charge is 1.94. The zero-order valence-electron chi connectivity index (χ0n) is 8.42. The van der Waals surface area contributed by atoms with E-state index in [1.54, 1.807) is 12.1 Å². The van der Waals surface area contributed by atoms with Crippen LogP contribution in [0.2, 0.25) is 10.0 Å². The van der Waals surface area contributed by atoms with Gasteiger partial charge in [-0.1, -0.05) is 35.3 Å². The van der Waals surface area contributed by atoms with Crippen LogP contribution in [0.15, 0.2) is 24.3 Å². The van der Waals surface area contributed by atoms with Crippen molar-refractivity contribution in [2.24, 2.45) is 0 Å². The molecule has 0 amide bonds. The highest BCUT2D eigenvalue weighted by atomic mass is 35.5. The van der Waals surface area contributed by atoms with Crippen LogP contribution in [0.3, 0.4) is 0 Å². The minimum absolute atomic E-state index is 0.606. The zero-order valence-corrected chi connectivity index (χ0v) is 9.93. The highest BCUT2D eigenvalue weighted by molar-refractivity contribution is 6.41. The van der Waals surface area contributed by atoms with Gasteiger partial charge in [-0.2, -0.15) is 0 Å². The van der Waals surface area contributed by atoms with E-state index in [1.165, 1.54) is 12.8 Å². The van der Waals surface area contributed by atoms with Crippen LogP contribution in [0.1, 0.15) is 12.8 Å². The molecule has 2 nitrogen and oxygen atoms in total. The van der Waals surface area contributed by atoms with Gasteiger partial charge >= 0.3 is 0 Å². The molecule has 0 spiro atoms. The molecule has 2 rings (SSSR count). The molecule has 84 valence electrons. The van der Waals surface area contributed by atoms with Gasteiger partial charge in [0.15, 0.2) is 0 Å². The Morgan fingerprint density at radius 2 is 1.40 bits per heavy atom. The largest absolute Gasteiger partial charge is 0.381 e. The summed E-state index contributed by atoms with van der Waals surface area (Å²) in [6.07, 6.45) is 2.56. The third-order valence-corrected chi connectivity index (χ3v) is 2.41. The summed E-state index contributed by atoms with van der Waals surface area (Å²) in [6, 6.07) is 7.19. The number of hydrogen-bond donors (Lipinski definition) is 0. The quantitative estimate of drug-likeness (QED) is 0.702. The molecule has 0 bridgehead atoms. The number of carbonyl (C=O) groups excluding carboxylic acids is 1. The second-order valence-corrected chi connectivity index (χ2v) is 3.55. The van der Waals surface area contributed by atoms with E-state index in [0.29, 0.717) is 10.0 Å². The van der Waals surface area contributed by atoms with Gasteiger partial charge in [-0.3, -0.25) is 0 Å². The van der Waals surface area contributed by atoms with Gasteiger partial charge in [0, 0.05) is 13.2 Å². The van der Waals surface area contributed by atoms with Crippen molar-refractivity contribution in [2.75, 3.05) is 13.2 Å². The number of benzene rings is 1. The molecule has 1 aliphatic rings. The summed E-state index contributed by atoms with van der Waals surface area (Å²) in [5, 5.41) is 1.21. The number of carbonyl (C=O) groups is 1. The van der Waals surface area contributed by atoms with Gasteiger partial charge < -0.3 is 9.53 Å². The lowest BCUT2D eigenvalue weighted by Crippen LogP contribution is -1.74. The first-order valence-electron chi connectivity index (χ1n) is 4.57. The van der Waals surface area contributed by atoms with E-state index >= 15 is 0 Å². The second kappa shape index (κ2) is 9.97. The van der Waals surface area contributed by atoms with Crippen molar-refractivity contribution in [2.45, 2.75) is 12.8 Å². The van der Waals surface area contributed by atoms with Crippen molar-refractivity contribution in [3.63, 3.8) is 0 Å². The molecule has 1 saturated heterocycles. The molecule has 1 aliphatic heterocycles. The van der Waals surface area contributed by atoms with Crippen LogP contribution in [0.5, 0.6) is 0 Å². The molecule has 0 radical (unpaired) electrons. The maximum atomic E-state index is 8.00. The Labute approximate surface area is 100 Å². The number of rotatable bonds is 0. The monoisotopic (exact) mass is 248 g/mol. The molecule has 0 aromatic heterocycles. The third kappa shape index (κ3) is 7.37. The van der Waals surface area contributed by atoms with E-state index in [1.807, 2.05) is 18.9 Å². The normalized spacial score (nSPS) is 13.2. The first kappa shape index (κ1) is 14.4. The summed E-state index contributed by atoms with van der Waals surface area (Å²) in [5.74, 6) is 0. The molecule has 0 unspecified atom stereocenters. The summed E-state index contributed by atoms with van der Waals surface area (Å²) in [4.78, 5) is 8.00. The fourth-order valence-electron chi connectivity index (χ4n) is 0.950. The smallest absolute Gasteiger partial charge is 0.106 e. The summed E-state index contributed by atoms with van der Waals surface area (Å²) in [5.41, 5.74) is 0. The molecule has 1 aromatic rings. The van der Waals surface area contributed by atoms with E-state index in [2.05, 4.69) is 0 Å². The predicted octanol–water partition coefficient (Wildman–Crippen LogP) is 3.61. The van der Waals surface area contributed by atoms with Crippen molar-refractivity contribution in [1.29, 1.82) is 0 Å². The van der Waals surface area contributed by atoms with Gasteiger partial charge in [-0.05, 0) is 25.0 Å². The molecular weight excluding hydrogens is 235 g/mol. The van der Waals surface area contributed by atoms with Crippen LogP contribution in [0, 0.1) is 0 Å². The molecule has 0 N–H and O–H groups in total. The molecule has 0 atom stereocenters.